The van der Waals surface area contributed by atoms with Crippen molar-refractivity contribution in [2.24, 2.45) is 0 Å². The highest BCUT2D eigenvalue weighted by atomic mass is 16.5. The summed E-state index contributed by atoms with van der Waals surface area (Å²) in [6.45, 7) is 5.89. The molecule has 0 fully saturated rings. The van der Waals surface area contributed by atoms with E-state index in [4.69, 9.17) is 9.63 Å². The minimum atomic E-state index is -1.02. The Morgan fingerprint density at radius 3 is 2.50 bits per heavy atom. The summed E-state index contributed by atoms with van der Waals surface area (Å²) in [5.74, 6) is -0.143. The van der Waals surface area contributed by atoms with Crippen LogP contribution in [0.25, 0.3) is 11.5 Å². The van der Waals surface area contributed by atoms with Crippen LogP contribution in [0.3, 0.4) is 0 Å². The molecule has 0 bridgehead atoms. The van der Waals surface area contributed by atoms with Gasteiger partial charge < -0.3 is 9.63 Å². The Kier molecular flexibility index (Phi) is 2.86. The number of rotatable bonds is 2. The van der Waals surface area contributed by atoms with Crippen LogP contribution in [-0.2, 0) is 5.41 Å². The van der Waals surface area contributed by atoms with Crippen molar-refractivity contribution in [3.8, 4) is 11.5 Å². The summed E-state index contributed by atoms with van der Waals surface area (Å²) in [4.78, 5) is 18.9. The average Bonchev–Trinajstić information content (AvgIpc) is 2.78. The van der Waals surface area contributed by atoms with Crippen LogP contribution in [0.5, 0.6) is 0 Å². The van der Waals surface area contributed by atoms with Crippen molar-refractivity contribution in [1.29, 1.82) is 0 Å². The zero-order valence-corrected chi connectivity index (χ0v) is 10.3. The third kappa shape index (κ3) is 2.37. The molecule has 6 heteroatoms. The van der Waals surface area contributed by atoms with Gasteiger partial charge in [0.1, 0.15) is 5.69 Å². The third-order valence-corrected chi connectivity index (χ3v) is 2.31. The number of aromatic carboxylic acids is 1. The maximum absolute atomic E-state index is 10.7. The maximum atomic E-state index is 10.7. The monoisotopic (exact) mass is 247 g/mol. The molecule has 0 saturated carbocycles. The predicted octanol–water partition coefficient (Wildman–Crippen LogP) is 2.13. The van der Waals surface area contributed by atoms with Crippen molar-refractivity contribution >= 4 is 5.97 Å². The van der Waals surface area contributed by atoms with Gasteiger partial charge in [0.05, 0.1) is 5.56 Å². The van der Waals surface area contributed by atoms with E-state index in [1.807, 2.05) is 20.8 Å². The first-order chi connectivity index (χ1) is 8.38. The van der Waals surface area contributed by atoms with Crippen LogP contribution < -0.4 is 0 Å². The number of hydrogen-bond donors (Lipinski definition) is 1. The summed E-state index contributed by atoms with van der Waals surface area (Å²) >= 11 is 0. The van der Waals surface area contributed by atoms with Gasteiger partial charge in [-0.1, -0.05) is 25.9 Å². The van der Waals surface area contributed by atoms with Crippen LogP contribution in [-0.4, -0.2) is 26.2 Å². The van der Waals surface area contributed by atoms with E-state index in [-0.39, 0.29) is 11.0 Å². The van der Waals surface area contributed by atoms with E-state index in [9.17, 15) is 4.79 Å². The lowest BCUT2D eigenvalue weighted by Gasteiger charge is -2.10. The van der Waals surface area contributed by atoms with Crippen molar-refractivity contribution in [1.82, 2.24) is 15.1 Å². The molecule has 0 aliphatic carbocycles. The molecule has 0 spiro atoms. The molecule has 2 rings (SSSR count). The van der Waals surface area contributed by atoms with E-state index in [1.54, 1.807) is 6.07 Å². The van der Waals surface area contributed by atoms with Crippen LogP contribution in [0, 0.1) is 0 Å². The molecule has 0 aliphatic heterocycles. The van der Waals surface area contributed by atoms with E-state index in [0.717, 1.165) is 0 Å². The zero-order chi connectivity index (χ0) is 13.3. The number of nitrogens with zero attached hydrogens (tertiary/aromatic N) is 3. The van der Waals surface area contributed by atoms with Gasteiger partial charge in [-0.15, -0.1) is 0 Å². The highest BCUT2D eigenvalue weighted by molar-refractivity contribution is 5.87. The molecular formula is C12H13N3O3. The molecule has 0 saturated heterocycles. The Morgan fingerprint density at radius 2 is 2.06 bits per heavy atom. The van der Waals surface area contributed by atoms with Crippen molar-refractivity contribution in [3.63, 3.8) is 0 Å². The molecule has 0 radical (unpaired) electrons. The van der Waals surface area contributed by atoms with Gasteiger partial charge in [0.15, 0.2) is 0 Å². The molecule has 0 atom stereocenters. The van der Waals surface area contributed by atoms with E-state index in [0.29, 0.717) is 17.4 Å². The fourth-order valence-corrected chi connectivity index (χ4v) is 1.28. The van der Waals surface area contributed by atoms with Gasteiger partial charge in [0, 0.05) is 11.6 Å². The molecule has 94 valence electrons. The summed E-state index contributed by atoms with van der Waals surface area (Å²) < 4.78 is 5.14. The summed E-state index contributed by atoms with van der Waals surface area (Å²) in [6.07, 6.45) is 1.27. The van der Waals surface area contributed by atoms with Crippen molar-refractivity contribution < 1.29 is 14.4 Å². The van der Waals surface area contributed by atoms with Gasteiger partial charge in [-0.25, -0.2) is 4.79 Å². The van der Waals surface area contributed by atoms with Crippen LogP contribution in [0.15, 0.2) is 22.9 Å². The Morgan fingerprint density at radius 1 is 1.33 bits per heavy atom. The van der Waals surface area contributed by atoms with Gasteiger partial charge in [-0.2, -0.15) is 4.98 Å². The molecule has 1 N–H and O–H groups in total. The second-order valence-corrected chi connectivity index (χ2v) is 4.91. The second kappa shape index (κ2) is 4.21. The number of carbonyl (C=O) groups is 1. The molecule has 0 amide bonds. The molecule has 0 aliphatic rings. The first-order valence-corrected chi connectivity index (χ1v) is 5.42. The molecule has 0 unspecified atom stereocenters. The van der Waals surface area contributed by atoms with Gasteiger partial charge in [-0.05, 0) is 12.1 Å². The van der Waals surface area contributed by atoms with Gasteiger partial charge in [0.2, 0.25) is 11.7 Å². The molecule has 2 heterocycles. The summed E-state index contributed by atoms with van der Waals surface area (Å²) in [5.41, 5.74) is 0.379. The quantitative estimate of drug-likeness (QED) is 0.874. The highest BCUT2D eigenvalue weighted by Gasteiger charge is 2.22. The molecule has 18 heavy (non-hydrogen) atoms. The third-order valence-electron chi connectivity index (χ3n) is 2.31. The zero-order valence-electron chi connectivity index (χ0n) is 10.3. The maximum Gasteiger partial charge on any atom is 0.337 e. The van der Waals surface area contributed by atoms with Crippen LogP contribution in [0.4, 0.5) is 0 Å². The van der Waals surface area contributed by atoms with E-state index < -0.39 is 5.97 Å². The van der Waals surface area contributed by atoms with Crippen LogP contribution in [0.2, 0.25) is 0 Å². The van der Waals surface area contributed by atoms with Crippen LogP contribution in [0.1, 0.15) is 37.0 Å². The first kappa shape index (κ1) is 12.2. The van der Waals surface area contributed by atoms with Crippen molar-refractivity contribution in [2.45, 2.75) is 26.2 Å². The number of hydrogen-bond acceptors (Lipinski definition) is 5. The number of pyridine rings is 1. The Bertz CT molecular complexity index is 567. The van der Waals surface area contributed by atoms with Crippen LogP contribution >= 0.6 is 0 Å². The summed E-state index contributed by atoms with van der Waals surface area (Å²) in [6, 6.07) is 3.01. The van der Waals surface area contributed by atoms with E-state index in [2.05, 4.69) is 15.1 Å². The SMILES string of the molecule is CC(C)(C)c1nc(-c2ccc(C(=O)O)cn2)no1. The average molecular weight is 247 g/mol. The van der Waals surface area contributed by atoms with Gasteiger partial charge in [-0.3, -0.25) is 4.98 Å². The minimum absolute atomic E-state index is 0.123. The molecule has 2 aromatic heterocycles. The first-order valence-electron chi connectivity index (χ1n) is 5.42. The topological polar surface area (TPSA) is 89.1 Å². The second-order valence-electron chi connectivity index (χ2n) is 4.91. The fraction of sp³-hybridized carbons (Fsp3) is 0.333. The number of carboxylic acids is 1. The predicted molar refractivity (Wildman–Crippen MR) is 63.2 cm³/mol. The number of aromatic nitrogens is 3. The lowest BCUT2D eigenvalue weighted by atomic mass is 9.97. The largest absolute Gasteiger partial charge is 0.478 e. The highest BCUT2D eigenvalue weighted by Crippen LogP contribution is 2.22. The van der Waals surface area contributed by atoms with Gasteiger partial charge >= 0.3 is 5.97 Å². The van der Waals surface area contributed by atoms with Crippen molar-refractivity contribution in [2.75, 3.05) is 0 Å². The number of carboxylic acid groups (broad SMARTS) is 1. The molecule has 0 aromatic carbocycles. The summed E-state index contributed by atoms with van der Waals surface area (Å²) in [5, 5.41) is 12.6. The molecular weight excluding hydrogens is 234 g/mol. The minimum Gasteiger partial charge on any atom is -0.478 e. The lowest BCUT2D eigenvalue weighted by molar-refractivity contribution is 0.0696. The Balaban J connectivity index is 2.32. The smallest absolute Gasteiger partial charge is 0.337 e. The molecule has 6 nitrogen and oxygen atoms in total. The summed E-state index contributed by atoms with van der Waals surface area (Å²) in [7, 11) is 0. The fourth-order valence-electron chi connectivity index (χ4n) is 1.28. The lowest BCUT2D eigenvalue weighted by Crippen LogP contribution is -2.11. The van der Waals surface area contributed by atoms with Crippen molar-refractivity contribution in [3.05, 3.63) is 29.8 Å². The van der Waals surface area contributed by atoms with E-state index >= 15 is 0 Å². The molecule has 2 aromatic rings. The van der Waals surface area contributed by atoms with E-state index in [1.165, 1.54) is 12.3 Å². The normalized spacial score (nSPS) is 11.5. The van der Waals surface area contributed by atoms with Gasteiger partial charge in [0.25, 0.3) is 0 Å². The Labute approximate surface area is 104 Å². The standard InChI is InChI=1S/C12H13N3O3/c1-12(2,3)11-14-9(15-18-11)8-5-4-7(6-13-8)10(16)17/h4-6H,1-3H3,(H,16,17). The Hall–Kier alpha value is -2.24.